The molecule has 1 unspecified atom stereocenters. The number of pyridine rings is 1. The molecule has 4 N–H and O–H groups in total. The highest BCUT2D eigenvalue weighted by Crippen LogP contribution is 2.45. The van der Waals surface area contributed by atoms with Crippen LogP contribution in [0.2, 0.25) is 0 Å². The van der Waals surface area contributed by atoms with Crippen molar-refractivity contribution >= 4 is 34.7 Å². The van der Waals surface area contributed by atoms with E-state index in [2.05, 4.69) is 49.3 Å². The van der Waals surface area contributed by atoms with Crippen LogP contribution in [0.25, 0.3) is 28.2 Å². The number of rotatable bonds is 7. The number of aromatic nitrogens is 1. The second-order valence-corrected chi connectivity index (χ2v) is 16.5. The van der Waals surface area contributed by atoms with Gasteiger partial charge in [0.2, 0.25) is 17.7 Å². The second kappa shape index (κ2) is 15.6. The number of benzene rings is 2. The number of methoxy groups -OCH3 is 1. The van der Waals surface area contributed by atoms with Gasteiger partial charge in [-0.15, -0.1) is 6.58 Å². The van der Waals surface area contributed by atoms with Crippen molar-refractivity contribution in [3.8, 4) is 22.8 Å². The Hall–Kier alpha value is -4.70. The largest absolute Gasteiger partial charge is 0.496 e. The molecular formula is C44H55N5O5. The predicted octanol–water partition coefficient (Wildman–Crippen LogP) is 6.57. The van der Waals surface area contributed by atoms with Crippen LogP contribution in [-0.2, 0) is 14.4 Å². The lowest BCUT2D eigenvalue weighted by molar-refractivity contribution is -0.142. The van der Waals surface area contributed by atoms with Gasteiger partial charge in [0.05, 0.1) is 30.9 Å². The van der Waals surface area contributed by atoms with Crippen LogP contribution >= 0.6 is 0 Å². The van der Waals surface area contributed by atoms with Gasteiger partial charge < -0.3 is 30.7 Å². The first kappa shape index (κ1) is 37.6. The Balaban J connectivity index is 1.31. The zero-order valence-electron chi connectivity index (χ0n) is 31.9. The monoisotopic (exact) mass is 733 g/mol. The van der Waals surface area contributed by atoms with Crippen LogP contribution in [0.1, 0.15) is 83.6 Å². The van der Waals surface area contributed by atoms with Crippen molar-refractivity contribution in [3.05, 3.63) is 72.8 Å². The summed E-state index contributed by atoms with van der Waals surface area (Å²) in [5.41, 5.74) is 7.98. The maximum Gasteiger partial charge on any atom is 0.243 e. The molecule has 2 saturated carbocycles. The molecular weight excluding hydrogens is 679 g/mol. The first-order valence-corrected chi connectivity index (χ1v) is 19.7. The van der Waals surface area contributed by atoms with Crippen LogP contribution in [0.4, 0.5) is 0 Å². The van der Waals surface area contributed by atoms with E-state index in [0.29, 0.717) is 30.0 Å². The number of allylic oxidation sites excluding steroid dienone is 1. The summed E-state index contributed by atoms with van der Waals surface area (Å²) in [6, 6.07) is 14.6. The van der Waals surface area contributed by atoms with E-state index in [4.69, 9.17) is 20.2 Å². The zero-order valence-corrected chi connectivity index (χ0v) is 31.9. The smallest absolute Gasteiger partial charge is 0.243 e. The molecule has 3 amide bonds. The Labute approximate surface area is 318 Å². The molecule has 2 aromatic carbocycles. The normalized spacial score (nSPS) is 28.1. The van der Waals surface area contributed by atoms with Crippen molar-refractivity contribution in [2.75, 3.05) is 20.2 Å². The van der Waals surface area contributed by atoms with Gasteiger partial charge in [-0.25, -0.2) is 4.98 Å². The zero-order chi connectivity index (χ0) is 38.0. The number of nitrogens with two attached hydrogens (primary N) is 1. The maximum atomic E-state index is 14.9. The molecule has 286 valence electrons. The minimum atomic E-state index is -1.19. The van der Waals surface area contributed by atoms with Crippen LogP contribution < -0.4 is 25.8 Å². The third-order valence-electron chi connectivity index (χ3n) is 12.2. The molecule has 7 rings (SSSR count). The minimum Gasteiger partial charge on any atom is -0.496 e. The summed E-state index contributed by atoms with van der Waals surface area (Å²) in [7, 11) is 1.67. The highest BCUT2D eigenvalue weighted by atomic mass is 16.5. The number of hydrogen-bond donors (Lipinski definition) is 3. The van der Waals surface area contributed by atoms with E-state index >= 15 is 0 Å². The van der Waals surface area contributed by atoms with E-state index in [1.807, 2.05) is 42.5 Å². The van der Waals surface area contributed by atoms with Crippen LogP contribution in [-0.4, -0.2) is 71.5 Å². The summed E-state index contributed by atoms with van der Waals surface area (Å²) >= 11 is 0. The maximum absolute atomic E-state index is 14.9. The molecule has 3 heterocycles. The molecule has 2 aliphatic heterocycles. The van der Waals surface area contributed by atoms with Gasteiger partial charge in [-0.2, -0.15) is 0 Å². The van der Waals surface area contributed by atoms with Crippen molar-refractivity contribution in [2.24, 2.45) is 23.0 Å². The molecule has 1 saturated heterocycles. The Bertz CT molecular complexity index is 1920. The van der Waals surface area contributed by atoms with Crippen LogP contribution in [0.15, 0.2) is 67.3 Å². The van der Waals surface area contributed by atoms with E-state index in [9.17, 15) is 14.4 Å². The van der Waals surface area contributed by atoms with Crippen molar-refractivity contribution in [1.82, 2.24) is 20.5 Å². The fraction of sp³-hybridized carbons (Fsp3) is 0.500. The molecule has 4 bridgehead atoms. The van der Waals surface area contributed by atoms with Gasteiger partial charge in [-0.1, -0.05) is 81.7 Å². The SMILES string of the molecule is C=C[C@@H]1C[C@]1(NC(=O)[C@@H]1CC2CN1C(=O)[C@H](C1CCCCC1)NCCCC(C)(C)C/C=C\c1cc3c(cc(-c4ccccc4)nc3cc1OC)O2)C(N)=O. The van der Waals surface area contributed by atoms with E-state index < -0.39 is 35.5 Å². The van der Waals surface area contributed by atoms with Crippen LogP contribution in [0, 0.1) is 17.3 Å². The van der Waals surface area contributed by atoms with E-state index in [1.165, 1.54) is 6.42 Å². The van der Waals surface area contributed by atoms with Gasteiger partial charge in [-0.3, -0.25) is 14.4 Å². The lowest BCUT2D eigenvalue weighted by Crippen LogP contribution is -2.58. The summed E-state index contributed by atoms with van der Waals surface area (Å²) in [6.45, 7) is 9.32. The van der Waals surface area contributed by atoms with Gasteiger partial charge >= 0.3 is 0 Å². The topological polar surface area (TPSA) is 136 Å². The van der Waals surface area contributed by atoms with Crippen LogP contribution in [0.5, 0.6) is 11.5 Å². The molecule has 3 fully saturated rings. The highest BCUT2D eigenvalue weighted by molar-refractivity contribution is 5.97. The Morgan fingerprint density at radius 1 is 1.11 bits per heavy atom. The molecule has 0 spiro atoms. The lowest BCUT2D eigenvalue weighted by atomic mass is 9.82. The Kier molecular flexibility index (Phi) is 10.8. The first-order chi connectivity index (χ1) is 26.0. The molecule has 0 radical (unpaired) electrons. The van der Waals surface area contributed by atoms with Crippen LogP contribution in [0.3, 0.4) is 0 Å². The molecule has 54 heavy (non-hydrogen) atoms. The van der Waals surface area contributed by atoms with Gasteiger partial charge in [0.15, 0.2) is 0 Å². The second-order valence-electron chi connectivity index (χ2n) is 16.5. The molecule has 3 aromatic rings. The standard InChI is InChI=1S/C44H55N5O5/c1-5-31-26-44(31,42(45)52)48-40(50)36-23-32-27-49(36)41(51)39(29-16-10-7-11-17-29)46-21-13-20-43(2,3)19-12-18-30-22-33-35(25-37(30)53-4)47-34(24-38(33)54-32)28-14-8-6-9-15-28/h5-6,8-9,12,14-15,18,22,24-25,29,31-32,36,39,46H,1,7,10-11,13,16-17,19-21,23,26-27H2,2-4H3,(H2,45,52)(H,48,50)/b18-12-/t31-,32?,36+,39+,44-/m1/s1. The van der Waals surface area contributed by atoms with Gasteiger partial charge in [0, 0.05) is 41.0 Å². The minimum absolute atomic E-state index is 0.0340. The average Bonchev–Trinajstić information content (AvgIpc) is 3.73. The molecule has 4 aliphatic rings. The summed E-state index contributed by atoms with van der Waals surface area (Å²) in [6.07, 6.45) is 14.2. The highest BCUT2D eigenvalue weighted by Gasteiger charge is 2.60. The summed E-state index contributed by atoms with van der Waals surface area (Å²) in [5, 5.41) is 7.47. The predicted molar refractivity (Wildman–Crippen MR) is 212 cm³/mol. The number of ether oxygens (including phenoxy) is 2. The number of nitrogens with one attached hydrogen (secondary N) is 2. The van der Waals surface area contributed by atoms with Crippen molar-refractivity contribution in [2.45, 2.75) is 102 Å². The fourth-order valence-electron chi connectivity index (χ4n) is 8.85. The first-order valence-electron chi connectivity index (χ1n) is 19.7. The number of amides is 3. The van der Waals surface area contributed by atoms with Gasteiger partial charge in [0.25, 0.3) is 0 Å². The number of carbonyl (C=O) groups excluding carboxylic acids is 3. The Morgan fingerprint density at radius 2 is 1.89 bits per heavy atom. The number of fused-ring (bicyclic) bond motifs is 3. The third kappa shape index (κ3) is 7.76. The molecule has 5 atom stereocenters. The molecule has 2 aliphatic carbocycles. The Morgan fingerprint density at radius 3 is 2.59 bits per heavy atom. The third-order valence-corrected chi connectivity index (χ3v) is 12.2. The van der Waals surface area contributed by atoms with Crippen molar-refractivity contribution in [3.63, 3.8) is 0 Å². The summed E-state index contributed by atoms with van der Waals surface area (Å²) in [4.78, 5) is 48.6. The van der Waals surface area contributed by atoms with E-state index in [0.717, 1.165) is 67.2 Å². The molecule has 1 aromatic heterocycles. The van der Waals surface area contributed by atoms with Crippen molar-refractivity contribution < 1.29 is 23.9 Å². The van der Waals surface area contributed by atoms with E-state index in [-0.39, 0.29) is 36.1 Å². The number of primary amides is 1. The van der Waals surface area contributed by atoms with Crippen molar-refractivity contribution in [1.29, 1.82) is 0 Å². The summed E-state index contributed by atoms with van der Waals surface area (Å²) < 4.78 is 12.8. The molecule has 10 nitrogen and oxygen atoms in total. The fourth-order valence-corrected chi connectivity index (χ4v) is 8.85. The quantitative estimate of drug-likeness (QED) is 0.234. The number of carbonyl (C=O) groups is 3. The number of nitrogens with zero attached hydrogens (tertiary/aromatic N) is 2. The number of hydrogen-bond acceptors (Lipinski definition) is 7. The molecule has 10 heteroatoms. The average molecular weight is 734 g/mol. The van der Waals surface area contributed by atoms with Gasteiger partial charge in [0.1, 0.15) is 29.2 Å². The van der Waals surface area contributed by atoms with Gasteiger partial charge in [-0.05, 0) is 62.5 Å². The lowest BCUT2D eigenvalue weighted by Gasteiger charge is -2.35. The van der Waals surface area contributed by atoms with E-state index in [1.54, 1.807) is 18.1 Å². The summed E-state index contributed by atoms with van der Waals surface area (Å²) in [5.74, 6) is 0.173.